The van der Waals surface area contributed by atoms with E-state index in [1.54, 1.807) is 6.07 Å². The number of ether oxygens (including phenoxy) is 1. The minimum atomic E-state index is -0.913. The van der Waals surface area contributed by atoms with Crippen molar-refractivity contribution in [1.82, 2.24) is 20.2 Å². The highest BCUT2D eigenvalue weighted by Gasteiger charge is 2.39. The number of nitrogens with one attached hydrogen (secondary N) is 1. The zero-order valence-corrected chi connectivity index (χ0v) is 30.5. The van der Waals surface area contributed by atoms with Gasteiger partial charge in [-0.1, -0.05) is 51.1 Å². The maximum absolute atomic E-state index is 13.5. The molecule has 3 heterocycles. The van der Waals surface area contributed by atoms with Crippen LogP contribution in [0.3, 0.4) is 0 Å². The number of carboxylic acid groups (broad SMARTS) is 1. The van der Waals surface area contributed by atoms with Gasteiger partial charge in [0, 0.05) is 54.5 Å². The smallest absolute Gasteiger partial charge is 0.310 e. The third kappa shape index (κ3) is 8.52. The van der Waals surface area contributed by atoms with Gasteiger partial charge in [-0.15, -0.1) is 11.3 Å². The number of hydrogen-bond donors (Lipinski definition) is 2. The molecule has 50 heavy (non-hydrogen) atoms. The van der Waals surface area contributed by atoms with Crippen molar-refractivity contribution >= 4 is 34.7 Å². The summed E-state index contributed by atoms with van der Waals surface area (Å²) in [7, 11) is 0. The molecule has 1 aromatic carbocycles. The number of hydrogen-bond acceptors (Lipinski definition) is 7. The maximum Gasteiger partial charge on any atom is 0.310 e. The Kier molecular flexibility index (Phi) is 11.2. The zero-order valence-electron chi connectivity index (χ0n) is 29.7. The van der Waals surface area contributed by atoms with Crippen LogP contribution >= 0.6 is 11.3 Å². The number of thiophene rings is 1. The van der Waals surface area contributed by atoms with Gasteiger partial charge in [0.25, 0.3) is 5.91 Å². The Morgan fingerprint density at radius 2 is 1.66 bits per heavy atom. The minimum absolute atomic E-state index is 0.0894. The molecule has 2 fully saturated rings. The number of aliphatic carboxylic acids is 1. The van der Waals surface area contributed by atoms with Crippen molar-refractivity contribution in [3.05, 3.63) is 75.7 Å². The Labute approximate surface area is 299 Å². The van der Waals surface area contributed by atoms with Crippen LogP contribution in [0.25, 0.3) is 17.0 Å². The van der Waals surface area contributed by atoms with Crippen LogP contribution in [0.15, 0.2) is 54.9 Å². The highest BCUT2D eigenvalue weighted by atomic mass is 32.1. The first-order valence-corrected chi connectivity index (χ1v) is 18.9. The van der Waals surface area contributed by atoms with Crippen molar-refractivity contribution in [2.45, 2.75) is 96.6 Å². The average Bonchev–Trinajstić information content (AvgIpc) is 3.60. The van der Waals surface area contributed by atoms with Gasteiger partial charge in [0.1, 0.15) is 6.04 Å². The van der Waals surface area contributed by atoms with Gasteiger partial charge in [-0.25, -0.2) is 9.97 Å². The first kappa shape index (κ1) is 35.9. The summed E-state index contributed by atoms with van der Waals surface area (Å²) in [6, 6.07) is 10.7. The lowest BCUT2D eigenvalue weighted by molar-refractivity contribution is -0.153. The van der Waals surface area contributed by atoms with E-state index < -0.39 is 17.9 Å². The molecule has 1 saturated heterocycles. The van der Waals surface area contributed by atoms with Crippen LogP contribution in [0.4, 0.5) is 0 Å². The highest BCUT2D eigenvalue weighted by molar-refractivity contribution is 7.14. The lowest BCUT2D eigenvalue weighted by Gasteiger charge is -2.38. The molecule has 2 N–H and O–H groups in total. The predicted octanol–water partition coefficient (Wildman–Crippen LogP) is 7.17. The average molecular weight is 699 g/mol. The summed E-state index contributed by atoms with van der Waals surface area (Å²) in [5.74, 6) is 0.126. The lowest BCUT2D eigenvalue weighted by atomic mass is 9.73. The number of carboxylic acids is 1. The Balaban J connectivity index is 1.08. The van der Waals surface area contributed by atoms with Crippen LogP contribution in [-0.4, -0.2) is 69.6 Å². The molecule has 10 heteroatoms. The molecule has 6 rings (SSSR count). The van der Waals surface area contributed by atoms with E-state index in [1.165, 1.54) is 53.9 Å². The van der Waals surface area contributed by atoms with Gasteiger partial charge in [0.2, 0.25) is 5.91 Å². The van der Waals surface area contributed by atoms with E-state index in [0.717, 1.165) is 52.9 Å². The molecule has 2 atom stereocenters. The van der Waals surface area contributed by atoms with Gasteiger partial charge in [0.15, 0.2) is 5.82 Å². The molecule has 9 nitrogen and oxygen atoms in total. The van der Waals surface area contributed by atoms with Gasteiger partial charge in [-0.3, -0.25) is 14.4 Å². The van der Waals surface area contributed by atoms with Gasteiger partial charge in [-0.05, 0) is 92.4 Å². The molecule has 1 aliphatic heterocycles. The molecular weight excluding hydrogens is 649 g/mol. The number of carbonyl (C=O) groups is 3. The Hall–Kier alpha value is -3.89. The van der Waals surface area contributed by atoms with E-state index in [4.69, 9.17) is 14.7 Å². The number of allylic oxidation sites excluding steroid dienone is 2. The second kappa shape index (κ2) is 15.6. The summed E-state index contributed by atoms with van der Waals surface area (Å²) in [6.07, 6.45) is 15.3. The summed E-state index contributed by atoms with van der Waals surface area (Å²) in [6.45, 7) is 9.48. The Bertz CT molecular complexity index is 1680. The number of carbonyl (C=O) groups excluding carboxylic acids is 2. The third-order valence-electron chi connectivity index (χ3n) is 10.6. The van der Waals surface area contributed by atoms with Crippen LogP contribution in [0, 0.1) is 17.8 Å². The molecule has 3 aromatic rings. The van der Waals surface area contributed by atoms with Crippen molar-refractivity contribution in [3.8, 4) is 11.4 Å². The Morgan fingerprint density at radius 3 is 2.24 bits per heavy atom. The molecule has 1 unspecified atom stereocenters. The fraction of sp³-hybridized carbons (Fsp3) is 0.525. The number of aromatic nitrogens is 2. The van der Waals surface area contributed by atoms with Gasteiger partial charge in [0.05, 0.1) is 16.9 Å². The van der Waals surface area contributed by atoms with E-state index in [2.05, 4.69) is 39.1 Å². The summed E-state index contributed by atoms with van der Waals surface area (Å²) < 4.78 is 5.85. The molecule has 0 radical (unpaired) electrons. The number of rotatable bonds is 11. The SMILES string of the molecule is CCOC1CCC(C2CC=C(c3cnc(-c4ccc(C[C@H](NC(=O)c5ccc(C(C)(C)C)s5)C(=O)N5CC(C(=O)O)C5)cc4)nc3)CC2)CC1. The largest absolute Gasteiger partial charge is 0.481 e. The quantitative estimate of drug-likeness (QED) is 0.218. The Morgan fingerprint density at radius 1 is 0.960 bits per heavy atom. The predicted molar refractivity (Wildman–Crippen MR) is 196 cm³/mol. The summed E-state index contributed by atoms with van der Waals surface area (Å²) in [5, 5.41) is 12.3. The van der Waals surface area contributed by atoms with Crippen molar-refractivity contribution < 1.29 is 24.2 Å². The molecule has 0 bridgehead atoms. The van der Waals surface area contributed by atoms with Crippen molar-refractivity contribution in [2.75, 3.05) is 19.7 Å². The van der Waals surface area contributed by atoms with Gasteiger partial charge >= 0.3 is 5.97 Å². The van der Waals surface area contributed by atoms with E-state index in [-0.39, 0.29) is 36.7 Å². The summed E-state index contributed by atoms with van der Waals surface area (Å²) in [5.41, 5.74) is 4.06. The normalized spacial score (nSPS) is 22.0. The molecular formula is C40H50N4O5S. The van der Waals surface area contributed by atoms with Crippen molar-refractivity contribution in [3.63, 3.8) is 0 Å². The molecule has 2 amide bonds. The molecule has 3 aliphatic rings. The summed E-state index contributed by atoms with van der Waals surface area (Å²) >= 11 is 1.42. The lowest BCUT2D eigenvalue weighted by Crippen LogP contribution is -2.59. The first-order valence-electron chi connectivity index (χ1n) is 18.1. The fourth-order valence-corrected chi connectivity index (χ4v) is 8.47. The summed E-state index contributed by atoms with van der Waals surface area (Å²) in [4.78, 5) is 50.7. The van der Waals surface area contributed by atoms with E-state index in [9.17, 15) is 19.5 Å². The molecule has 2 aliphatic carbocycles. The third-order valence-corrected chi connectivity index (χ3v) is 12.1. The van der Waals surface area contributed by atoms with Gasteiger partial charge in [-0.2, -0.15) is 0 Å². The minimum Gasteiger partial charge on any atom is -0.481 e. The van der Waals surface area contributed by atoms with Crippen LogP contribution in [0.1, 0.15) is 98.3 Å². The zero-order chi connectivity index (χ0) is 35.4. The molecule has 1 saturated carbocycles. The maximum atomic E-state index is 13.5. The monoisotopic (exact) mass is 698 g/mol. The van der Waals surface area contributed by atoms with Gasteiger partial charge < -0.3 is 20.1 Å². The van der Waals surface area contributed by atoms with Crippen LogP contribution in [0.5, 0.6) is 0 Å². The van der Waals surface area contributed by atoms with Crippen LogP contribution in [-0.2, 0) is 26.2 Å². The number of nitrogens with zero attached hydrogens (tertiary/aromatic N) is 3. The highest BCUT2D eigenvalue weighted by Crippen LogP contribution is 2.40. The number of likely N-dealkylation sites (tertiary alicyclic amines) is 1. The second-order valence-corrected chi connectivity index (χ2v) is 16.3. The molecule has 2 aromatic heterocycles. The van der Waals surface area contributed by atoms with E-state index in [0.29, 0.717) is 16.8 Å². The fourth-order valence-electron chi connectivity index (χ4n) is 7.50. The second-order valence-electron chi connectivity index (χ2n) is 15.2. The molecule has 266 valence electrons. The van der Waals surface area contributed by atoms with Crippen molar-refractivity contribution in [1.29, 1.82) is 0 Å². The topological polar surface area (TPSA) is 122 Å². The van der Waals surface area contributed by atoms with Crippen LogP contribution in [0.2, 0.25) is 0 Å². The van der Waals surface area contributed by atoms with Crippen molar-refractivity contribution in [2.24, 2.45) is 17.8 Å². The number of amides is 2. The van der Waals surface area contributed by atoms with E-state index in [1.807, 2.05) is 42.7 Å². The number of benzene rings is 1. The molecule has 0 spiro atoms. The first-order chi connectivity index (χ1) is 24.0. The standard InChI is InChI=1S/C40H50N4O5S/c1-5-49-32-16-14-27(15-17-32)26-10-12-28(13-11-26)30-21-41-36(42-22-30)29-8-6-25(7-9-29)20-33(38(46)44-23-31(24-44)39(47)48)43-37(45)34-18-19-35(50-34)40(2,3)4/h6-9,12,18-19,21-22,26-27,31-33H,5,10-11,13-17,20,23-24H2,1-4H3,(H,43,45)(H,47,48)/t26?,27?,32?,33-/m0/s1. The van der Waals surface area contributed by atoms with Crippen LogP contribution < -0.4 is 5.32 Å². The van der Waals surface area contributed by atoms with E-state index >= 15 is 0 Å².